The Kier molecular flexibility index (Phi) is 7.60. The molecule has 0 saturated carbocycles. The van der Waals surface area contributed by atoms with E-state index in [0.717, 1.165) is 22.6 Å². The van der Waals surface area contributed by atoms with E-state index < -0.39 is 0 Å². The maximum Gasteiger partial charge on any atom is 0.320 e. The Morgan fingerprint density at radius 1 is 1.03 bits per heavy atom. The summed E-state index contributed by atoms with van der Waals surface area (Å²) in [5, 5.41) is 3.27. The minimum atomic E-state index is -0.0363. The van der Waals surface area contributed by atoms with Gasteiger partial charge >= 0.3 is 6.03 Å². The topological polar surface area (TPSA) is 119 Å². The maximum atomic E-state index is 12.7. The molecule has 2 aromatic heterocycles. The summed E-state index contributed by atoms with van der Waals surface area (Å²) < 4.78 is 11.4. The first-order chi connectivity index (χ1) is 18.5. The summed E-state index contributed by atoms with van der Waals surface area (Å²) in [7, 11) is 1.77. The SMILES string of the molecule is CN(Cc1cc(Oc2ccc(Nc3cc(-c4ccccc4)nc(N)n3)cc2)ccn1)C(=O)N1CCOCC1. The molecule has 0 spiro atoms. The van der Waals surface area contributed by atoms with Crippen LogP contribution < -0.4 is 15.8 Å². The number of aromatic nitrogens is 3. The Hall–Kier alpha value is -4.70. The normalized spacial score (nSPS) is 13.1. The van der Waals surface area contributed by atoms with Crippen molar-refractivity contribution in [3.8, 4) is 22.8 Å². The molecule has 1 saturated heterocycles. The average Bonchev–Trinajstić information content (AvgIpc) is 2.94. The molecule has 3 N–H and O–H groups in total. The van der Waals surface area contributed by atoms with Crippen LogP contribution in [0.1, 0.15) is 5.69 Å². The highest BCUT2D eigenvalue weighted by atomic mass is 16.5. The van der Waals surface area contributed by atoms with Gasteiger partial charge in [-0.15, -0.1) is 0 Å². The molecule has 10 heteroatoms. The largest absolute Gasteiger partial charge is 0.457 e. The lowest BCUT2D eigenvalue weighted by atomic mass is 10.1. The highest BCUT2D eigenvalue weighted by Crippen LogP contribution is 2.26. The van der Waals surface area contributed by atoms with E-state index in [2.05, 4.69) is 20.3 Å². The quantitative estimate of drug-likeness (QED) is 0.371. The van der Waals surface area contributed by atoms with E-state index in [-0.39, 0.29) is 12.0 Å². The van der Waals surface area contributed by atoms with Crippen molar-refractivity contribution in [3.05, 3.63) is 84.7 Å². The molecule has 0 bridgehead atoms. The molecule has 2 amide bonds. The lowest BCUT2D eigenvalue weighted by molar-refractivity contribution is 0.0447. The van der Waals surface area contributed by atoms with Gasteiger partial charge in [0.15, 0.2) is 0 Å². The van der Waals surface area contributed by atoms with Crippen LogP contribution in [0.3, 0.4) is 0 Å². The summed E-state index contributed by atoms with van der Waals surface area (Å²) in [6.07, 6.45) is 1.68. The second-order valence-electron chi connectivity index (χ2n) is 8.84. The zero-order valence-electron chi connectivity index (χ0n) is 21.1. The molecule has 194 valence electrons. The first-order valence-corrected chi connectivity index (χ1v) is 12.3. The molecule has 0 unspecified atom stereocenters. The molecule has 0 atom stereocenters. The van der Waals surface area contributed by atoms with Crippen molar-refractivity contribution in [3.63, 3.8) is 0 Å². The van der Waals surface area contributed by atoms with Crippen LogP contribution in [0.4, 0.5) is 22.2 Å². The van der Waals surface area contributed by atoms with E-state index in [0.29, 0.717) is 50.2 Å². The standard InChI is InChI=1S/C28H29N7O3/c1-34(28(36)35-13-15-37-16-14-35)19-22-17-24(11-12-30-22)38-23-9-7-21(8-10-23)31-26-18-25(32-27(29)33-26)20-5-3-2-4-6-20/h2-12,17-18H,13-16,19H2,1H3,(H3,29,31,32,33). The number of hydrogen-bond acceptors (Lipinski definition) is 8. The summed E-state index contributed by atoms with van der Waals surface area (Å²) in [4.78, 5) is 29.1. The number of nitrogen functional groups attached to an aromatic ring is 1. The Morgan fingerprint density at radius 2 is 1.79 bits per heavy atom. The number of nitrogens with one attached hydrogen (secondary N) is 1. The Labute approximate surface area is 221 Å². The van der Waals surface area contributed by atoms with E-state index in [9.17, 15) is 4.79 Å². The van der Waals surface area contributed by atoms with Crippen molar-refractivity contribution >= 4 is 23.5 Å². The van der Waals surface area contributed by atoms with Crippen LogP contribution in [0.2, 0.25) is 0 Å². The number of nitrogens with two attached hydrogens (primary N) is 1. The molecule has 1 aliphatic heterocycles. The fraction of sp³-hybridized carbons (Fsp3) is 0.214. The number of carbonyl (C=O) groups is 1. The van der Waals surface area contributed by atoms with Gasteiger partial charge in [0.05, 0.1) is 31.1 Å². The van der Waals surface area contributed by atoms with Crippen molar-refractivity contribution in [1.82, 2.24) is 24.8 Å². The fourth-order valence-electron chi connectivity index (χ4n) is 4.09. The summed E-state index contributed by atoms with van der Waals surface area (Å²) in [5.74, 6) is 2.09. The number of morpholine rings is 1. The third-order valence-corrected chi connectivity index (χ3v) is 5.97. The highest BCUT2D eigenvalue weighted by Gasteiger charge is 2.20. The van der Waals surface area contributed by atoms with Crippen LogP contribution in [-0.2, 0) is 11.3 Å². The smallest absolute Gasteiger partial charge is 0.320 e. The van der Waals surface area contributed by atoms with Gasteiger partial charge in [-0.2, -0.15) is 4.98 Å². The van der Waals surface area contributed by atoms with Crippen LogP contribution in [0.25, 0.3) is 11.3 Å². The zero-order chi connectivity index (χ0) is 26.3. The second kappa shape index (κ2) is 11.6. The molecule has 4 aromatic rings. The number of urea groups is 1. The number of nitrogens with zero attached hydrogens (tertiary/aromatic N) is 5. The van der Waals surface area contributed by atoms with Crippen LogP contribution in [-0.4, -0.2) is 64.1 Å². The van der Waals surface area contributed by atoms with E-state index in [1.165, 1.54) is 0 Å². The van der Waals surface area contributed by atoms with Gasteiger partial charge in [0, 0.05) is 49.7 Å². The number of hydrogen-bond donors (Lipinski definition) is 2. The summed E-state index contributed by atoms with van der Waals surface area (Å²) in [6.45, 7) is 2.71. The van der Waals surface area contributed by atoms with Gasteiger partial charge < -0.3 is 30.3 Å². The summed E-state index contributed by atoms with van der Waals surface area (Å²) in [6, 6.07) is 22.8. The Bertz CT molecular complexity index is 1380. The number of benzene rings is 2. The number of pyridine rings is 1. The van der Waals surface area contributed by atoms with Gasteiger partial charge in [0.1, 0.15) is 17.3 Å². The lowest BCUT2D eigenvalue weighted by Gasteiger charge is -2.30. The molecule has 1 fully saturated rings. The minimum absolute atomic E-state index is 0.0363. The molecular formula is C28H29N7O3. The zero-order valence-corrected chi connectivity index (χ0v) is 21.1. The number of anilines is 3. The summed E-state index contributed by atoms with van der Waals surface area (Å²) >= 11 is 0. The molecule has 3 heterocycles. The van der Waals surface area contributed by atoms with Gasteiger partial charge in [-0.1, -0.05) is 30.3 Å². The maximum absolute atomic E-state index is 12.7. The minimum Gasteiger partial charge on any atom is -0.457 e. The first-order valence-electron chi connectivity index (χ1n) is 12.3. The molecule has 2 aromatic carbocycles. The third kappa shape index (κ3) is 6.34. The van der Waals surface area contributed by atoms with E-state index in [1.807, 2.05) is 66.7 Å². The Balaban J connectivity index is 1.21. The number of amides is 2. The highest BCUT2D eigenvalue weighted by molar-refractivity contribution is 5.74. The predicted octanol–water partition coefficient (Wildman–Crippen LogP) is 4.54. The third-order valence-electron chi connectivity index (χ3n) is 5.97. The molecule has 0 aliphatic carbocycles. The molecule has 1 aliphatic rings. The second-order valence-corrected chi connectivity index (χ2v) is 8.84. The molecular weight excluding hydrogens is 482 g/mol. The average molecular weight is 512 g/mol. The fourth-order valence-corrected chi connectivity index (χ4v) is 4.09. The van der Waals surface area contributed by atoms with Crippen molar-refractivity contribution < 1.29 is 14.3 Å². The van der Waals surface area contributed by atoms with Crippen molar-refractivity contribution in [2.45, 2.75) is 6.54 Å². The van der Waals surface area contributed by atoms with Crippen molar-refractivity contribution in [2.75, 3.05) is 44.4 Å². The molecule has 10 nitrogen and oxygen atoms in total. The molecule has 0 radical (unpaired) electrons. The number of rotatable bonds is 7. The van der Waals surface area contributed by atoms with Crippen LogP contribution >= 0.6 is 0 Å². The van der Waals surface area contributed by atoms with Crippen LogP contribution in [0.5, 0.6) is 11.5 Å². The van der Waals surface area contributed by atoms with Gasteiger partial charge in [0.2, 0.25) is 5.95 Å². The first kappa shape index (κ1) is 25.0. The monoisotopic (exact) mass is 511 g/mol. The lowest BCUT2D eigenvalue weighted by Crippen LogP contribution is -2.46. The van der Waals surface area contributed by atoms with Gasteiger partial charge in [-0.25, -0.2) is 9.78 Å². The van der Waals surface area contributed by atoms with Crippen molar-refractivity contribution in [1.29, 1.82) is 0 Å². The van der Waals surface area contributed by atoms with Gasteiger partial charge in [-0.05, 0) is 30.3 Å². The Morgan fingerprint density at radius 3 is 2.55 bits per heavy atom. The van der Waals surface area contributed by atoms with Crippen LogP contribution in [0, 0.1) is 0 Å². The summed E-state index contributed by atoms with van der Waals surface area (Å²) in [5.41, 5.74) is 9.21. The van der Waals surface area contributed by atoms with E-state index in [1.54, 1.807) is 29.1 Å². The number of ether oxygens (including phenoxy) is 2. The van der Waals surface area contributed by atoms with E-state index >= 15 is 0 Å². The van der Waals surface area contributed by atoms with Crippen LogP contribution in [0.15, 0.2) is 79.0 Å². The molecule has 5 rings (SSSR count). The van der Waals surface area contributed by atoms with Gasteiger partial charge in [-0.3, -0.25) is 4.98 Å². The van der Waals surface area contributed by atoms with E-state index in [4.69, 9.17) is 15.2 Å². The van der Waals surface area contributed by atoms with Crippen molar-refractivity contribution in [2.24, 2.45) is 0 Å². The van der Waals surface area contributed by atoms with Gasteiger partial charge in [0.25, 0.3) is 0 Å². The molecule has 38 heavy (non-hydrogen) atoms. The predicted molar refractivity (Wildman–Crippen MR) is 145 cm³/mol. The number of carbonyl (C=O) groups excluding carboxylic acids is 1.